The average Bonchev–Trinajstić information content (AvgIpc) is 2.79. The van der Waals surface area contributed by atoms with Crippen LogP contribution in [0.15, 0.2) is 72.8 Å². The number of rotatable bonds is 53. The Hall–Kier alpha value is -8.49. The molecule has 0 saturated heterocycles. The lowest BCUT2D eigenvalue weighted by molar-refractivity contribution is -0.131. The molecule has 26 nitrogen and oxygen atoms in total. The number of hydrogen-bond donors (Lipinski definition) is 9. The minimum absolute atomic E-state index is 0.0105. The second-order valence-corrected chi connectivity index (χ2v) is 21.5. The van der Waals surface area contributed by atoms with Gasteiger partial charge in [0.1, 0.15) is 34.4 Å². The zero-order valence-corrected chi connectivity index (χ0v) is 51.9. The standard InChI is InChI=1S/C64H93N9O17/c1-47(74)12-8-17-60(81)73-64(44-85-41-30-57(78)68-33-5-2-13-51(75)14-9-40-90-54-28-22-50(23-29-54)63(67)84,45-86-42-31-58(79)71-36-10-34-69-55(76)15-3-6-38-88-52-24-18-48(19-25-52)61(65)82)46-87-43-32-59(80)72-37-11-35-70-56(77)16-4-7-39-89-53-26-20-49(21-27-53)62(66)83/h18-29H,2-17,30-46H2,1H3,(H2,65,82)(H2,66,83)(H2,67,84)(H,68,78)(H,69,76)(H,70,77)(H,71,79)(H,72,80)(H,73,81). The van der Waals surface area contributed by atoms with Crippen molar-refractivity contribution in [3.8, 4) is 17.2 Å². The fourth-order valence-electron chi connectivity index (χ4n) is 8.48. The number of nitrogens with one attached hydrogen (secondary N) is 6. The van der Waals surface area contributed by atoms with Gasteiger partial charge in [-0.2, -0.15) is 0 Å². The maximum atomic E-state index is 13.4. The van der Waals surface area contributed by atoms with Crippen LogP contribution in [-0.2, 0) is 52.6 Å². The van der Waals surface area contributed by atoms with Crippen LogP contribution in [0.5, 0.6) is 17.2 Å². The monoisotopic (exact) mass is 1260 g/mol. The molecule has 496 valence electrons. The first-order valence-corrected chi connectivity index (χ1v) is 30.8. The lowest BCUT2D eigenvalue weighted by atomic mass is 10.0. The highest BCUT2D eigenvalue weighted by Gasteiger charge is 2.34. The summed E-state index contributed by atoms with van der Waals surface area (Å²) in [7, 11) is 0. The Bertz CT molecular complexity index is 2580. The maximum absolute atomic E-state index is 13.4. The zero-order valence-electron chi connectivity index (χ0n) is 51.9. The maximum Gasteiger partial charge on any atom is 0.248 e. The van der Waals surface area contributed by atoms with E-state index in [4.69, 9.17) is 45.6 Å². The van der Waals surface area contributed by atoms with E-state index < -0.39 is 29.2 Å². The second kappa shape index (κ2) is 45.7. The molecule has 0 spiro atoms. The summed E-state index contributed by atoms with van der Waals surface area (Å²) in [5, 5.41) is 17.1. The highest BCUT2D eigenvalue weighted by molar-refractivity contribution is 5.94. The fourth-order valence-corrected chi connectivity index (χ4v) is 8.48. The molecule has 3 rings (SSSR count). The molecule has 0 heterocycles. The smallest absolute Gasteiger partial charge is 0.248 e. The molecule has 0 aliphatic heterocycles. The molecule has 0 radical (unpaired) electrons. The number of ketones is 2. The van der Waals surface area contributed by atoms with Crippen molar-refractivity contribution < 1.29 is 81.2 Å². The van der Waals surface area contributed by atoms with Crippen LogP contribution in [0, 0.1) is 0 Å². The van der Waals surface area contributed by atoms with E-state index in [0.717, 1.165) is 0 Å². The minimum atomic E-state index is -1.37. The van der Waals surface area contributed by atoms with Gasteiger partial charge in [0.2, 0.25) is 53.2 Å². The van der Waals surface area contributed by atoms with Crippen LogP contribution in [0.3, 0.4) is 0 Å². The Labute approximate surface area is 526 Å². The number of amides is 9. The van der Waals surface area contributed by atoms with Crippen molar-refractivity contribution in [3.05, 3.63) is 89.5 Å². The van der Waals surface area contributed by atoms with E-state index in [1.165, 1.54) is 6.92 Å². The molecule has 0 atom stereocenters. The number of carbonyl (C=O) groups is 11. The molecule has 26 heteroatoms. The lowest BCUT2D eigenvalue weighted by Crippen LogP contribution is -2.58. The summed E-state index contributed by atoms with van der Waals surface area (Å²) < 4.78 is 35.0. The normalized spacial score (nSPS) is 10.9. The van der Waals surface area contributed by atoms with E-state index in [-0.39, 0.29) is 132 Å². The van der Waals surface area contributed by atoms with Gasteiger partial charge in [-0.05, 0) is 144 Å². The van der Waals surface area contributed by atoms with Gasteiger partial charge in [0.05, 0.1) is 59.5 Å². The van der Waals surface area contributed by atoms with Gasteiger partial charge in [-0.3, -0.25) is 47.9 Å². The summed E-state index contributed by atoms with van der Waals surface area (Å²) in [4.78, 5) is 135. The predicted molar refractivity (Wildman–Crippen MR) is 333 cm³/mol. The van der Waals surface area contributed by atoms with Gasteiger partial charge in [-0.25, -0.2) is 0 Å². The first-order chi connectivity index (χ1) is 43.3. The van der Waals surface area contributed by atoms with Crippen LogP contribution in [-0.4, -0.2) is 162 Å². The van der Waals surface area contributed by atoms with E-state index in [1.54, 1.807) is 72.8 Å². The molecule has 0 bridgehead atoms. The molecule has 3 aromatic rings. The molecule has 0 aliphatic carbocycles. The highest BCUT2D eigenvalue weighted by Crippen LogP contribution is 2.17. The molecule has 3 aromatic carbocycles. The Kier molecular flexibility index (Phi) is 38.5. The van der Waals surface area contributed by atoms with E-state index in [9.17, 15) is 52.7 Å². The van der Waals surface area contributed by atoms with E-state index in [0.29, 0.717) is 157 Å². The van der Waals surface area contributed by atoms with Crippen molar-refractivity contribution in [2.75, 3.05) is 92.2 Å². The molecule has 12 N–H and O–H groups in total. The van der Waals surface area contributed by atoms with E-state index in [1.807, 2.05) is 0 Å². The second-order valence-electron chi connectivity index (χ2n) is 21.5. The third-order valence-corrected chi connectivity index (χ3v) is 13.5. The van der Waals surface area contributed by atoms with Crippen molar-refractivity contribution in [1.29, 1.82) is 0 Å². The Morgan fingerprint density at radius 1 is 0.333 bits per heavy atom. The van der Waals surface area contributed by atoms with Crippen LogP contribution in [0.1, 0.15) is 160 Å². The zero-order chi connectivity index (χ0) is 65.6. The summed E-state index contributed by atoms with van der Waals surface area (Å²) in [6.45, 7) is 3.33. The number of ether oxygens (including phenoxy) is 6. The van der Waals surface area contributed by atoms with Crippen LogP contribution >= 0.6 is 0 Å². The number of benzene rings is 3. The highest BCUT2D eigenvalue weighted by atomic mass is 16.5. The topological polar surface area (TPSA) is 393 Å². The number of hydrogen-bond acceptors (Lipinski definition) is 17. The van der Waals surface area contributed by atoms with Crippen molar-refractivity contribution in [3.63, 3.8) is 0 Å². The summed E-state index contributed by atoms with van der Waals surface area (Å²) in [6.07, 6.45) is 6.66. The van der Waals surface area contributed by atoms with Crippen molar-refractivity contribution in [2.24, 2.45) is 17.2 Å². The first-order valence-electron chi connectivity index (χ1n) is 30.8. The third-order valence-electron chi connectivity index (χ3n) is 13.5. The molecule has 9 amide bonds. The largest absolute Gasteiger partial charge is 0.494 e. The van der Waals surface area contributed by atoms with Crippen LogP contribution in [0.4, 0.5) is 0 Å². The SMILES string of the molecule is CC(=O)CCCC(=O)NC(COCCC(=O)NCCCCC(=O)CCCOc1ccc(C(N)=O)cc1)(COCCC(=O)NCCCNC(=O)CCCCOc1ccc(C(N)=O)cc1)COCCC(=O)NCCCNC(=O)CCCCOc1ccc(C(N)=O)cc1. The Morgan fingerprint density at radius 2 is 0.644 bits per heavy atom. The van der Waals surface area contributed by atoms with Crippen LogP contribution in [0.25, 0.3) is 0 Å². The number of carbonyl (C=O) groups excluding carboxylic acids is 11. The van der Waals surface area contributed by atoms with E-state index in [2.05, 4.69) is 31.9 Å². The minimum Gasteiger partial charge on any atom is -0.494 e. The van der Waals surface area contributed by atoms with Crippen LogP contribution in [0.2, 0.25) is 0 Å². The predicted octanol–water partition coefficient (Wildman–Crippen LogP) is 3.58. The molecular weight excluding hydrogens is 1170 g/mol. The van der Waals surface area contributed by atoms with Gasteiger partial charge >= 0.3 is 0 Å². The summed E-state index contributed by atoms with van der Waals surface area (Å²) in [5.41, 5.74) is 15.6. The number of primary amides is 3. The number of nitrogens with two attached hydrogens (primary N) is 3. The van der Waals surface area contributed by atoms with Gasteiger partial charge in [0, 0.05) is 107 Å². The summed E-state index contributed by atoms with van der Waals surface area (Å²) in [6, 6.07) is 19.4. The van der Waals surface area contributed by atoms with Crippen molar-refractivity contribution in [2.45, 2.75) is 134 Å². The van der Waals surface area contributed by atoms with Crippen molar-refractivity contribution >= 4 is 64.7 Å². The van der Waals surface area contributed by atoms with Gasteiger partial charge in [-0.15, -0.1) is 0 Å². The summed E-state index contributed by atoms with van der Waals surface area (Å²) >= 11 is 0. The molecule has 0 saturated carbocycles. The fraction of sp³-hybridized carbons (Fsp3) is 0.547. The molecule has 0 fully saturated rings. The molecule has 90 heavy (non-hydrogen) atoms. The van der Waals surface area contributed by atoms with Gasteiger partial charge < -0.3 is 82.3 Å². The third kappa shape index (κ3) is 36.7. The van der Waals surface area contributed by atoms with Gasteiger partial charge in [0.15, 0.2) is 0 Å². The van der Waals surface area contributed by atoms with Crippen LogP contribution < -0.4 is 63.3 Å². The molecule has 0 aromatic heterocycles. The van der Waals surface area contributed by atoms with E-state index >= 15 is 0 Å². The molecule has 0 unspecified atom stereocenters. The Morgan fingerprint density at radius 3 is 1.00 bits per heavy atom. The van der Waals surface area contributed by atoms with Gasteiger partial charge in [-0.1, -0.05) is 0 Å². The molecular formula is C64H93N9O17. The average molecular weight is 1260 g/mol. The quantitative estimate of drug-likeness (QED) is 0.0365. The summed E-state index contributed by atoms with van der Waals surface area (Å²) in [5.74, 6) is -1.48. The number of Topliss-reactive ketones (excluding diaryl/α,β-unsaturated/α-hetero) is 2. The first kappa shape index (κ1) is 75.8. The Balaban J connectivity index is 1.44. The lowest BCUT2D eigenvalue weighted by Gasteiger charge is -2.34. The van der Waals surface area contributed by atoms with Gasteiger partial charge in [0.25, 0.3) is 0 Å². The van der Waals surface area contributed by atoms with Crippen molar-refractivity contribution in [1.82, 2.24) is 31.9 Å². The molecule has 0 aliphatic rings. The number of unbranched alkanes of at least 4 members (excludes halogenated alkanes) is 3.